The van der Waals surface area contributed by atoms with Crippen LogP contribution in [0.4, 0.5) is 0 Å². The summed E-state index contributed by atoms with van der Waals surface area (Å²) in [5, 5.41) is 2.29. The minimum Gasteiger partial charge on any atom is -0.426 e. The maximum Gasteiger partial charge on any atom is 0.316 e. The Bertz CT molecular complexity index is 744. The van der Waals surface area contributed by atoms with Gasteiger partial charge in [0.15, 0.2) is 0 Å². The molecule has 4 nitrogen and oxygen atoms in total. The van der Waals surface area contributed by atoms with Crippen LogP contribution in [0.25, 0.3) is 10.8 Å². The number of fused-ring (bicyclic) bond motifs is 1. The molecule has 5 heteroatoms. The highest BCUT2D eigenvalue weighted by Crippen LogP contribution is 2.32. The first kappa shape index (κ1) is 14.9. The fourth-order valence-corrected chi connectivity index (χ4v) is 2.98. The number of carbonyl (C=O) groups excluding carboxylic acids is 2. The highest BCUT2D eigenvalue weighted by atomic mass is 35.5. The van der Waals surface area contributed by atoms with Crippen molar-refractivity contribution >= 4 is 34.2 Å². The first-order valence-electron chi connectivity index (χ1n) is 7.20. The number of likely N-dealkylation sites (tertiary alicyclic amines) is 1. The third kappa shape index (κ3) is 2.79. The molecule has 0 spiro atoms. The summed E-state index contributed by atoms with van der Waals surface area (Å²) in [5.41, 5.74) is 0. The summed E-state index contributed by atoms with van der Waals surface area (Å²) in [5.74, 6) is -0.0620. The highest BCUT2D eigenvalue weighted by Gasteiger charge is 2.31. The van der Waals surface area contributed by atoms with Gasteiger partial charge < -0.3 is 9.64 Å². The Hall–Kier alpha value is -2.07. The first-order valence-corrected chi connectivity index (χ1v) is 7.58. The van der Waals surface area contributed by atoms with Gasteiger partial charge in [0.1, 0.15) is 5.75 Å². The van der Waals surface area contributed by atoms with Crippen molar-refractivity contribution < 1.29 is 14.3 Å². The molecule has 2 aromatic rings. The molecule has 114 valence electrons. The maximum absolute atomic E-state index is 12.3. The summed E-state index contributed by atoms with van der Waals surface area (Å²) in [6.07, 6.45) is 0.643. The number of hydrogen-bond acceptors (Lipinski definition) is 3. The quantitative estimate of drug-likeness (QED) is 0.631. The zero-order chi connectivity index (χ0) is 15.7. The van der Waals surface area contributed by atoms with Gasteiger partial charge in [0.05, 0.1) is 5.92 Å². The van der Waals surface area contributed by atoms with Gasteiger partial charge in [-0.3, -0.25) is 9.59 Å². The predicted octanol–water partition coefficient (Wildman–Crippen LogP) is 3.27. The second-order valence-electron chi connectivity index (χ2n) is 5.46. The van der Waals surface area contributed by atoms with Crippen LogP contribution < -0.4 is 4.74 Å². The second-order valence-corrected chi connectivity index (χ2v) is 5.87. The Labute approximate surface area is 133 Å². The molecule has 0 aliphatic carbocycles. The minimum absolute atomic E-state index is 0.00718. The molecule has 1 heterocycles. The second kappa shape index (κ2) is 5.97. The molecule has 1 saturated heterocycles. The van der Waals surface area contributed by atoms with E-state index in [2.05, 4.69) is 0 Å². The molecule has 0 saturated carbocycles. The lowest BCUT2D eigenvalue weighted by Crippen LogP contribution is -2.29. The van der Waals surface area contributed by atoms with Crippen LogP contribution in [0.15, 0.2) is 36.4 Å². The number of rotatable bonds is 2. The van der Waals surface area contributed by atoms with E-state index in [1.54, 1.807) is 17.0 Å². The molecule has 0 aromatic heterocycles. The summed E-state index contributed by atoms with van der Waals surface area (Å²) in [6, 6.07) is 11.0. The monoisotopic (exact) mass is 317 g/mol. The lowest BCUT2D eigenvalue weighted by atomic mass is 10.1. The van der Waals surface area contributed by atoms with Crippen LogP contribution in [0, 0.1) is 5.92 Å². The number of nitrogens with zero attached hydrogens (tertiary/aromatic N) is 1. The molecule has 22 heavy (non-hydrogen) atoms. The molecule has 0 bridgehead atoms. The van der Waals surface area contributed by atoms with Crippen molar-refractivity contribution in [2.45, 2.75) is 13.3 Å². The summed E-state index contributed by atoms with van der Waals surface area (Å²) in [4.78, 5) is 25.3. The van der Waals surface area contributed by atoms with Crippen LogP contribution in [0.3, 0.4) is 0 Å². The van der Waals surface area contributed by atoms with E-state index < -0.39 is 0 Å². The van der Waals surface area contributed by atoms with Gasteiger partial charge in [0.2, 0.25) is 5.91 Å². The average molecular weight is 318 g/mol. The van der Waals surface area contributed by atoms with Crippen molar-refractivity contribution in [3.8, 4) is 5.75 Å². The average Bonchev–Trinajstić information content (AvgIpc) is 3.01. The van der Waals surface area contributed by atoms with Gasteiger partial charge in [-0.15, -0.1) is 0 Å². The molecule has 0 N–H and O–H groups in total. The number of hydrogen-bond donors (Lipinski definition) is 0. The molecular weight excluding hydrogens is 302 g/mol. The standard InChI is InChI=1S/C17H16ClNO3/c1-11(20)19-9-8-12(10-19)17(21)22-16-7-6-15(18)13-4-2-3-5-14(13)16/h2-7,12H,8-10H2,1H3/t12-/m0/s1. The Morgan fingerprint density at radius 2 is 1.91 bits per heavy atom. The van der Waals surface area contributed by atoms with Crippen molar-refractivity contribution in [3.63, 3.8) is 0 Å². The van der Waals surface area contributed by atoms with E-state index in [0.717, 1.165) is 10.8 Å². The molecule has 1 fully saturated rings. The third-order valence-corrected chi connectivity index (χ3v) is 4.34. The minimum atomic E-state index is -0.295. The fourth-order valence-electron chi connectivity index (χ4n) is 2.75. The SMILES string of the molecule is CC(=O)N1CC[C@H](C(=O)Oc2ccc(Cl)c3ccccc23)C1. The maximum atomic E-state index is 12.3. The molecule has 1 aliphatic heterocycles. The Morgan fingerprint density at radius 1 is 1.18 bits per heavy atom. The Balaban J connectivity index is 1.81. The van der Waals surface area contributed by atoms with E-state index in [0.29, 0.717) is 30.3 Å². The van der Waals surface area contributed by atoms with Crippen LogP contribution in [0.5, 0.6) is 5.75 Å². The van der Waals surface area contributed by atoms with Crippen LogP contribution in [0.1, 0.15) is 13.3 Å². The van der Waals surface area contributed by atoms with Crippen molar-refractivity contribution in [1.82, 2.24) is 4.90 Å². The first-order chi connectivity index (χ1) is 10.6. The zero-order valence-electron chi connectivity index (χ0n) is 12.2. The summed E-state index contributed by atoms with van der Waals surface area (Å²) < 4.78 is 5.56. The number of amides is 1. The summed E-state index contributed by atoms with van der Waals surface area (Å²) in [6.45, 7) is 2.55. The smallest absolute Gasteiger partial charge is 0.316 e. The van der Waals surface area contributed by atoms with E-state index >= 15 is 0 Å². The third-order valence-electron chi connectivity index (χ3n) is 4.01. The van der Waals surface area contributed by atoms with Crippen LogP contribution in [0.2, 0.25) is 5.02 Å². The van der Waals surface area contributed by atoms with Gasteiger partial charge in [-0.1, -0.05) is 35.9 Å². The van der Waals surface area contributed by atoms with Crippen LogP contribution in [-0.2, 0) is 9.59 Å². The molecule has 1 aliphatic rings. The van der Waals surface area contributed by atoms with Crippen molar-refractivity contribution in [1.29, 1.82) is 0 Å². The largest absolute Gasteiger partial charge is 0.426 e. The number of esters is 1. The van der Waals surface area contributed by atoms with Crippen molar-refractivity contribution in [3.05, 3.63) is 41.4 Å². The number of ether oxygens (including phenoxy) is 1. The fraction of sp³-hybridized carbons (Fsp3) is 0.294. The van der Waals surface area contributed by atoms with E-state index in [1.165, 1.54) is 6.92 Å². The lowest BCUT2D eigenvalue weighted by molar-refractivity contribution is -0.138. The molecule has 1 amide bonds. The molecule has 3 rings (SSSR count). The molecular formula is C17H16ClNO3. The summed E-state index contributed by atoms with van der Waals surface area (Å²) in [7, 11) is 0. The Morgan fingerprint density at radius 3 is 2.59 bits per heavy atom. The van der Waals surface area contributed by atoms with Gasteiger partial charge >= 0.3 is 5.97 Å². The van der Waals surface area contributed by atoms with Gasteiger partial charge in [-0.2, -0.15) is 0 Å². The topological polar surface area (TPSA) is 46.6 Å². The number of carbonyl (C=O) groups is 2. The predicted molar refractivity (Wildman–Crippen MR) is 85.0 cm³/mol. The van der Waals surface area contributed by atoms with E-state index in [4.69, 9.17) is 16.3 Å². The Kier molecular flexibility index (Phi) is 4.03. The van der Waals surface area contributed by atoms with E-state index in [9.17, 15) is 9.59 Å². The molecule has 2 aromatic carbocycles. The molecule has 1 atom stereocenters. The van der Waals surface area contributed by atoms with E-state index in [1.807, 2.05) is 24.3 Å². The van der Waals surface area contributed by atoms with E-state index in [-0.39, 0.29) is 17.8 Å². The van der Waals surface area contributed by atoms with Crippen LogP contribution in [-0.4, -0.2) is 29.9 Å². The van der Waals surface area contributed by atoms with Crippen LogP contribution >= 0.6 is 11.6 Å². The van der Waals surface area contributed by atoms with Gasteiger partial charge in [0, 0.05) is 35.8 Å². The number of halogens is 1. The van der Waals surface area contributed by atoms with Gasteiger partial charge in [-0.25, -0.2) is 0 Å². The molecule has 0 unspecified atom stereocenters. The van der Waals surface area contributed by atoms with Gasteiger partial charge in [-0.05, 0) is 18.6 Å². The normalized spacial score (nSPS) is 17.7. The summed E-state index contributed by atoms with van der Waals surface area (Å²) >= 11 is 6.16. The highest BCUT2D eigenvalue weighted by molar-refractivity contribution is 6.35. The van der Waals surface area contributed by atoms with Crippen molar-refractivity contribution in [2.75, 3.05) is 13.1 Å². The van der Waals surface area contributed by atoms with Crippen molar-refractivity contribution in [2.24, 2.45) is 5.92 Å². The molecule has 0 radical (unpaired) electrons. The number of benzene rings is 2. The zero-order valence-corrected chi connectivity index (χ0v) is 13.0. The van der Waals surface area contributed by atoms with Gasteiger partial charge in [0.25, 0.3) is 0 Å². The lowest BCUT2D eigenvalue weighted by Gasteiger charge is -2.14.